The minimum atomic E-state index is 0.788. The average Bonchev–Trinajstić information content (AvgIpc) is 2.08. The van der Waals surface area contributed by atoms with E-state index in [9.17, 15) is 0 Å². The van der Waals surface area contributed by atoms with Crippen LogP contribution in [0.5, 0.6) is 0 Å². The number of allylic oxidation sites excluding steroid dienone is 2. The van der Waals surface area contributed by atoms with Gasteiger partial charge in [0.1, 0.15) is 0 Å². The fraction of sp³-hybridized carbons (Fsp3) is 0.833. The summed E-state index contributed by atoms with van der Waals surface area (Å²) in [4.78, 5) is 0. The highest BCUT2D eigenvalue weighted by atomic mass is 14.4. The van der Waals surface area contributed by atoms with Gasteiger partial charge in [-0.05, 0) is 37.5 Å². The van der Waals surface area contributed by atoms with Gasteiger partial charge in [-0.2, -0.15) is 0 Å². The van der Waals surface area contributed by atoms with Gasteiger partial charge in [-0.25, -0.2) is 0 Å². The summed E-state index contributed by atoms with van der Waals surface area (Å²) in [5, 5.41) is 0. The van der Waals surface area contributed by atoms with Gasteiger partial charge in [-0.3, -0.25) is 0 Å². The lowest BCUT2D eigenvalue weighted by molar-refractivity contribution is 0.227. The first kappa shape index (κ1) is 9.83. The Balaban J connectivity index is 3.00. The van der Waals surface area contributed by atoms with Crippen LogP contribution in [0, 0.1) is 23.7 Å². The van der Waals surface area contributed by atoms with Crippen molar-refractivity contribution in [2.24, 2.45) is 23.7 Å². The van der Waals surface area contributed by atoms with Crippen LogP contribution < -0.4 is 0 Å². The second-order valence-corrected chi connectivity index (χ2v) is 4.66. The Kier molecular flexibility index (Phi) is 2.65. The van der Waals surface area contributed by atoms with E-state index in [2.05, 4.69) is 41.5 Å². The summed E-state index contributed by atoms with van der Waals surface area (Å²) < 4.78 is 0. The Morgan fingerprint density at radius 3 is 1.17 bits per heavy atom. The third-order valence-corrected chi connectivity index (χ3v) is 4.39. The molecule has 0 nitrogen and oxygen atoms in total. The summed E-state index contributed by atoms with van der Waals surface area (Å²) in [6, 6.07) is 0. The maximum atomic E-state index is 2.39. The van der Waals surface area contributed by atoms with Gasteiger partial charge in [0.05, 0.1) is 0 Å². The van der Waals surface area contributed by atoms with E-state index in [4.69, 9.17) is 0 Å². The molecule has 0 bridgehead atoms. The number of hydrogen-bond donors (Lipinski definition) is 0. The van der Waals surface area contributed by atoms with Gasteiger partial charge in [-0.1, -0.05) is 38.8 Å². The average molecular weight is 166 g/mol. The smallest absolute Gasteiger partial charge is 0.0203 e. The molecule has 0 aromatic carbocycles. The first-order chi connectivity index (χ1) is 5.46. The molecule has 0 aliphatic heterocycles. The predicted octanol–water partition coefficient (Wildman–Crippen LogP) is 3.88. The number of hydrogen-bond acceptors (Lipinski definition) is 0. The standard InChI is InChI=1S/C12H22/c1-7-8(2)10(4)12(6)11(5)9(7)3/h7-10H,1-6H3/t7?,8?,9-,10+. The van der Waals surface area contributed by atoms with E-state index < -0.39 is 0 Å². The Hall–Kier alpha value is -0.260. The van der Waals surface area contributed by atoms with Crippen LogP contribution in [-0.4, -0.2) is 0 Å². The van der Waals surface area contributed by atoms with Crippen LogP contribution in [0.1, 0.15) is 41.5 Å². The normalized spacial score (nSPS) is 43.5. The van der Waals surface area contributed by atoms with Gasteiger partial charge < -0.3 is 0 Å². The van der Waals surface area contributed by atoms with Crippen LogP contribution in [0.3, 0.4) is 0 Å². The zero-order valence-electron chi connectivity index (χ0n) is 9.31. The zero-order chi connectivity index (χ0) is 9.46. The molecule has 0 spiro atoms. The molecule has 4 atom stereocenters. The van der Waals surface area contributed by atoms with E-state index in [0.717, 1.165) is 23.7 Å². The maximum absolute atomic E-state index is 2.39. The van der Waals surface area contributed by atoms with Crippen molar-refractivity contribution in [3.63, 3.8) is 0 Å². The summed E-state index contributed by atoms with van der Waals surface area (Å²) in [5.74, 6) is 3.28. The molecule has 0 N–H and O–H groups in total. The molecule has 0 amide bonds. The Morgan fingerprint density at radius 1 is 0.667 bits per heavy atom. The molecule has 1 aliphatic rings. The van der Waals surface area contributed by atoms with Crippen molar-refractivity contribution < 1.29 is 0 Å². The first-order valence-corrected chi connectivity index (χ1v) is 5.14. The fourth-order valence-corrected chi connectivity index (χ4v) is 2.42. The van der Waals surface area contributed by atoms with E-state index in [1.54, 1.807) is 11.1 Å². The van der Waals surface area contributed by atoms with E-state index in [-0.39, 0.29) is 0 Å². The van der Waals surface area contributed by atoms with Crippen molar-refractivity contribution in [2.75, 3.05) is 0 Å². The zero-order valence-corrected chi connectivity index (χ0v) is 9.31. The highest BCUT2D eigenvalue weighted by molar-refractivity contribution is 5.20. The van der Waals surface area contributed by atoms with E-state index >= 15 is 0 Å². The van der Waals surface area contributed by atoms with E-state index in [1.165, 1.54) is 0 Å². The number of rotatable bonds is 0. The second kappa shape index (κ2) is 3.24. The molecular weight excluding hydrogens is 144 g/mol. The minimum absolute atomic E-state index is 0.788. The SMILES string of the molecule is CC1=C(C)[C@H](C)C(C)C(C)[C@@H]1C. The van der Waals surface area contributed by atoms with E-state index in [1.807, 2.05) is 0 Å². The second-order valence-electron chi connectivity index (χ2n) is 4.66. The summed E-state index contributed by atoms with van der Waals surface area (Å²) >= 11 is 0. The topological polar surface area (TPSA) is 0 Å². The molecule has 0 fully saturated rings. The van der Waals surface area contributed by atoms with Gasteiger partial charge in [0, 0.05) is 0 Å². The Bertz CT molecular complexity index is 178. The molecule has 0 saturated carbocycles. The van der Waals surface area contributed by atoms with E-state index in [0.29, 0.717) is 0 Å². The van der Waals surface area contributed by atoms with Crippen LogP contribution in [0.4, 0.5) is 0 Å². The fourth-order valence-electron chi connectivity index (χ4n) is 2.42. The lowest BCUT2D eigenvalue weighted by atomic mass is 9.67. The van der Waals surface area contributed by atoms with Crippen molar-refractivity contribution in [1.82, 2.24) is 0 Å². The molecule has 2 unspecified atom stereocenters. The molecule has 0 saturated heterocycles. The molecule has 0 radical (unpaired) electrons. The van der Waals surface area contributed by atoms with Crippen LogP contribution in [0.2, 0.25) is 0 Å². The van der Waals surface area contributed by atoms with Crippen LogP contribution >= 0.6 is 0 Å². The summed E-state index contributed by atoms with van der Waals surface area (Å²) in [5.41, 5.74) is 3.27. The quantitative estimate of drug-likeness (QED) is 0.479. The molecule has 1 rings (SSSR count). The Labute approximate surface area is 77.1 Å². The molecule has 1 aliphatic carbocycles. The van der Waals surface area contributed by atoms with Crippen molar-refractivity contribution in [3.8, 4) is 0 Å². The lowest BCUT2D eigenvalue weighted by Gasteiger charge is -2.38. The third kappa shape index (κ3) is 1.32. The van der Waals surface area contributed by atoms with Crippen LogP contribution in [-0.2, 0) is 0 Å². The Morgan fingerprint density at radius 2 is 0.917 bits per heavy atom. The van der Waals surface area contributed by atoms with Gasteiger partial charge in [0.25, 0.3) is 0 Å². The molecule has 12 heavy (non-hydrogen) atoms. The summed E-state index contributed by atoms with van der Waals surface area (Å²) in [7, 11) is 0. The van der Waals surface area contributed by atoms with Crippen molar-refractivity contribution >= 4 is 0 Å². The first-order valence-electron chi connectivity index (χ1n) is 5.14. The van der Waals surface area contributed by atoms with Gasteiger partial charge in [-0.15, -0.1) is 0 Å². The van der Waals surface area contributed by atoms with Crippen molar-refractivity contribution in [3.05, 3.63) is 11.1 Å². The predicted molar refractivity (Wildman–Crippen MR) is 55.0 cm³/mol. The van der Waals surface area contributed by atoms with Crippen LogP contribution in [0.15, 0.2) is 11.1 Å². The summed E-state index contributed by atoms with van der Waals surface area (Å²) in [6.07, 6.45) is 0. The molecule has 70 valence electrons. The van der Waals surface area contributed by atoms with Gasteiger partial charge >= 0.3 is 0 Å². The molecule has 0 aromatic heterocycles. The minimum Gasteiger partial charge on any atom is -0.0710 e. The van der Waals surface area contributed by atoms with Gasteiger partial charge in [0.15, 0.2) is 0 Å². The molecule has 0 heterocycles. The van der Waals surface area contributed by atoms with Gasteiger partial charge in [0.2, 0.25) is 0 Å². The van der Waals surface area contributed by atoms with Crippen molar-refractivity contribution in [2.45, 2.75) is 41.5 Å². The highest BCUT2D eigenvalue weighted by Gasteiger charge is 2.31. The third-order valence-electron chi connectivity index (χ3n) is 4.39. The highest BCUT2D eigenvalue weighted by Crippen LogP contribution is 2.41. The molecule has 0 aromatic rings. The van der Waals surface area contributed by atoms with Crippen molar-refractivity contribution in [1.29, 1.82) is 0 Å². The largest absolute Gasteiger partial charge is 0.0710 e. The van der Waals surface area contributed by atoms with Crippen LogP contribution in [0.25, 0.3) is 0 Å². The monoisotopic (exact) mass is 166 g/mol. The maximum Gasteiger partial charge on any atom is -0.0203 e. The molecular formula is C12H22. The lowest BCUT2D eigenvalue weighted by Crippen LogP contribution is -2.29. The molecule has 0 heteroatoms. The summed E-state index contributed by atoms with van der Waals surface area (Å²) in [6.45, 7) is 14.1.